The molecule has 0 aliphatic carbocycles. The average molecular weight is 304 g/mol. The molecule has 0 unspecified atom stereocenters. The van der Waals surface area contributed by atoms with Crippen molar-refractivity contribution in [2.75, 3.05) is 5.32 Å². The zero-order valence-electron chi connectivity index (χ0n) is 11.2. The number of nitrogens with two attached hydrogens (primary N) is 1. The number of carbonyl (C=O) groups is 1. The topological polar surface area (TPSA) is 141 Å². The van der Waals surface area contributed by atoms with E-state index < -0.39 is 15.9 Å². The lowest BCUT2D eigenvalue weighted by atomic mass is 10.3. The number of nitrogens with one attached hydrogen (secondary N) is 1. The van der Waals surface area contributed by atoms with Crippen molar-refractivity contribution in [3.8, 4) is 0 Å². The molecule has 9 nitrogen and oxygen atoms in total. The Morgan fingerprint density at radius 1 is 0.864 bits per heavy atom. The number of urea groups is 1. The molecule has 114 valence electrons. The largest absolute Gasteiger partial charge is 0.351 e. The van der Waals surface area contributed by atoms with Crippen LogP contribution in [0.5, 0.6) is 0 Å². The molecule has 0 fully saturated rings. The highest BCUT2D eigenvalue weighted by Gasteiger charge is 2.08. The zero-order valence-corrected chi connectivity index (χ0v) is 11.2. The van der Waals surface area contributed by atoms with Gasteiger partial charge in [-0.1, -0.05) is 18.2 Å². The molecule has 2 rings (SSSR count). The Morgan fingerprint density at radius 3 is 1.59 bits per heavy atom. The van der Waals surface area contributed by atoms with Gasteiger partial charge in [-0.2, -0.15) is 0 Å². The van der Waals surface area contributed by atoms with Gasteiger partial charge in [-0.3, -0.25) is 20.2 Å². The molecule has 2 aromatic rings. The number of benzene rings is 2. The molecular weight excluding hydrogens is 292 g/mol. The average Bonchev–Trinajstić information content (AvgIpc) is 2.48. The molecule has 0 atom stereocenters. The fourth-order valence-corrected chi connectivity index (χ4v) is 1.36. The minimum Gasteiger partial charge on any atom is -0.351 e. The Labute approximate surface area is 124 Å². The second-order valence-corrected chi connectivity index (χ2v) is 3.89. The zero-order chi connectivity index (χ0) is 16.5. The summed E-state index contributed by atoms with van der Waals surface area (Å²) in [6.07, 6.45) is 0. The predicted molar refractivity (Wildman–Crippen MR) is 79.4 cm³/mol. The van der Waals surface area contributed by atoms with E-state index in [2.05, 4.69) is 5.32 Å². The van der Waals surface area contributed by atoms with Gasteiger partial charge < -0.3 is 11.1 Å². The highest BCUT2D eigenvalue weighted by molar-refractivity contribution is 5.87. The fraction of sp³-hybridized carbons (Fsp3) is 0. The number of rotatable bonds is 3. The number of nitro groups is 2. The van der Waals surface area contributed by atoms with Gasteiger partial charge in [-0.05, 0) is 12.1 Å². The number of anilines is 1. The quantitative estimate of drug-likeness (QED) is 0.662. The maximum Gasteiger partial charge on any atom is 0.316 e. The summed E-state index contributed by atoms with van der Waals surface area (Å²) in [5, 5.41) is 22.7. The van der Waals surface area contributed by atoms with Crippen molar-refractivity contribution < 1.29 is 14.6 Å². The Kier molecular flexibility index (Phi) is 5.98. The Bertz CT molecular complexity index is 625. The minimum atomic E-state index is -0.607. The van der Waals surface area contributed by atoms with Crippen molar-refractivity contribution in [3.63, 3.8) is 0 Å². The summed E-state index contributed by atoms with van der Waals surface area (Å²) in [5.41, 5.74) is 5.29. The van der Waals surface area contributed by atoms with E-state index in [1.807, 2.05) is 18.2 Å². The number of para-hydroxylation sites is 1. The summed E-state index contributed by atoms with van der Waals surface area (Å²) in [5.74, 6) is 0. The first kappa shape index (κ1) is 16.6. The highest BCUT2D eigenvalue weighted by atomic mass is 16.6. The van der Waals surface area contributed by atoms with E-state index >= 15 is 0 Å². The summed E-state index contributed by atoms with van der Waals surface area (Å²) in [6.45, 7) is 0. The van der Waals surface area contributed by atoms with E-state index in [4.69, 9.17) is 5.73 Å². The number of non-ortho nitro benzene ring substituents is 2. The number of primary amides is 1. The van der Waals surface area contributed by atoms with E-state index in [1.165, 1.54) is 0 Å². The maximum atomic E-state index is 10.3. The van der Waals surface area contributed by atoms with Gasteiger partial charge in [0.05, 0.1) is 9.85 Å². The van der Waals surface area contributed by atoms with Crippen LogP contribution in [0, 0.1) is 20.2 Å². The summed E-state index contributed by atoms with van der Waals surface area (Å²) >= 11 is 0. The molecule has 0 radical (unpaired) electrons. The van der Waals surface area contributed by atoms with E-state index in [0.29, 0.717) is 0 Å². The number of nitro benzene ring substituents is 2. The summed E-state index contributed by atoms with van der Waals surface area (Å²) in [6, 6.07) is 12.9. The van der Waals surface area contributed by atoms with Gasteiger partial charge in [0.25, 0.3) is 11.4 Å². The van der Waals surface area contributed by atoms with Gasteiger partial charge >= 0.3 is 6.03 Å². The SMILES string of the molecule is NC(=O)Nc1ccccc1.O=[N+]([O-])c1ccc([N+](=O)[O-])cc1. The molecule has 22 heavy (non-hydrogen) atoms. The molecule has 2 amide bonds. The molecule has 0 aromatic heterocycles. The van der Waals surface area contributed by atoms with Crippen LogP contribution < -0.4 is 11.1 Å². The van der Waals surface area contributed by atoms with Crippen molar-refractivity contribution >= 4 is 23.1 Å². The third-order valence-electron chi connectivity index (χ3n) is 2.31. The third kappa shape index (κ3) is 5.65. The Morgan fingerprint density at radius 2 is 1.27 bits per heavy atom. The molecule has 3 N–H and O–H groups in total. The van der Waals surface area contributed by atoms with Gasteiger partial charge in [-0.25, -0.2) is 4.79 Å². The van der Waals surface area contributed by atoms with Crippen LogP contribution in [0.15, 0.2) is 54.6 Å². The van der Waals surface area contributed by atoms with E-state index in [-0.39, 0.29) is 11.4 Å². The Hall–Kier alpha value is -3.49. The molecule has 9 heteroatoms. The van der Waals surface area contributed by atoms with Crippen LogP contribution in [-0.2, 0) is 0 Å². The second-order valence-electron chi connectivity index (χ2n) is 3.89. The molecule has 0 saturated heterocycles. The van der Waals surface area contributed by atoms with Crippen molar-refractivity contribution in [3.05, 3.63) is 74.8 Å². The van der Waals surface area contributed by atoms with E-state index in [1.54, 1.807) is 12.1 Å². The maximum absolute atomic E-state index is 10.3. The lowest BCUT2D eigenvalue weighted by molar-refractivity contribution is -0.389. The Balaban J connectivity index is 0.000000224. The normalized spacial score (nSPS) is 9.09. The van der Waals surface area contributed by atoms with E-state index in [0.717, 1.165) is 30.0 Å². The molecule has 0 saturated carbocycles. The van der Waals surface area contributed by atoms with Gasteiger partial charge in [-0.15, -0.1) is 0 Å². The molecular formula is C13H12N4O5. The highest BCUT2D eigenvalue weighted by Crippen LogP contribution is 2.16. The first-order valence-corrected chi connectivity index (χ1v) is 5.90. The third-order valence-corrected chi connectivity index (χ3v) is 2.31. The number of hydrogen-bond acceptors (Lipinski definition) is 5. The van der Waals surface area contributed by atoms with Gasteiger partial charge in [0, 0.05) is 30.0 Å². The first-order valence-electron chi connectivity index (χ1n) is 5.90. The van der Waals surface area contributed by atoms with Crippen molar-refractivity contribution in [1.82, 2.24) is 0 Å². The minimum absolute atomic E-state index is 0.152. The monoisotopic (exact) mass is 304 g/mol. The smallest absolute Gasteiger partial charge is 0.316 e. The van der Waals surface area contributed by atoms with Crippen molar-refractivity contribution in [1.29, 1.82) is 0 Å². The van der Waals surface area contributed by atoms with Gasteiger partial charge in [0.2, 0.25) is 0 Å². The molecule has 2 aromatic carbocycles. The fourth-order valence-electron chi connectivity index (χ4n) is 1.36. The van der Waals surface area contributed by atoms with Gasteiger partial charge in [0.1, 0.15) is 0 Å². The molecule has 0 aliphatic rings. The molecule has 0 spiro atoms. The van der Waals surface area contributed by atoms with Crippen LogP contribution in [0.2, 0.25) is 0 Å². The van der Waals surface area contributed by atoms with Crippen LogP contribution in [0.3, 0.4) is 0 Å². The molecule has 0 aliphatic heterocycles. The van der Waals surface area contributed by atoms with Crippen molar-refractivity contribution in [2.45, 2.75) is 0 Å². The van der Waals surface area contributed by atoms with Crippen molar-refractivity contribution in [2.24, 2.45) is 5.73 Å². The van der Waals surface area contributed by atoms with Crippen LogP contribution in [-0.4, -0.2) is 15.9 Å². The van der Waals surface area contributed by atoms with Crippen LogP contribution in [0.1, 0.15) is 0 Å². The summed E-state index contributed by atoms with van der Waals surface area (Å²) in [4.78, 5) is 29.3. The predicted octanol–water partition coefficient (Wildman–Crippen LogP) is 2.68. The number of hydrogen-bond donors (Lipinski definition) is 2. The van der Waals surface area contributed by atoms with Gasteiger partial charge in [0.15, 0.2) is 0 Å². The van der Waals surface area contributed by atoms with E-state index in [9.17, 15) is 25.0 Å². The first-order chi connectivity index (χ1) is 10.4. The second kappa shape index (κ2) is 7.94. The standard InChI is InChI=1S/C7H8N2O.C6H4N2O4/c8-7(10)9-6-4-2-1-3-5-6;9-7(10)5-1-2-6(4-3-5)8(11)12/h1-5H,(H3,8,9,10);1-4H. The van der Waals surface area contributed by atoms with Crippen LogP contribution >= 0.6 is 0 Å². The number of amides is 2. The lowest BCUT2D eigenvalue weighted by Crippen LogP contribution is -2.18. The number of carbonyl (C=O) groups excluding carboxylic acids is 1. The number of nitrogens with zero attached hydrogens (tertiary/aromatic N) is 2. The molecule has 0 bridgehead atoms. The summed E-state index contributed by atoms with van der Waals surface area (Å²) < 4.78 is 0. The van der Waals surface area contributed by atoms with Crippen LogP contribution in [0.25, 0.3) is 0 Å². The molecule has 0 heterocycles. The lowest BCUT2D eigenvalue weighted by Gasteiger charge is -1.97. The van der Waals surface area contributed by atoms with Crippen LogP contribution in [0.4, 0.5) is 21.9 Å². The summed E-state index contributed by atoms with van der Waals surface area (Å²) in [7, 11) is 0.